The van der Waals surface area contributed by atoms with Crippen molar-refractivity contribution in [1.29, 1.82) is 0 Å². The second-order valence-corrected chi connectivity index (χ2v) is 13.7. The van der Waals surface area contributed by atoms with Crippen LogP contribution in [0.5, 0.6) is 0 Å². The zero-order valence-corrected chi connectivity index (χ0v) is 30.4. The summed E-state index contributed by atoms with van der Waals surface area (Å²) in [6.07, 6.45) is 0. The highest BCUT2D eigenvalue weighted by Gasteiger charge is 2.19. The Kier molecular flexibility index (Phi) is 8.43. The van der Waals surface area contributed by atoms with E-state index < -0.39 is 0 Å². The van der Waals surface area contributed by atoms with Gasteiger partial charge in [-0.1, -0.05) is 158 Å². The zero-order valence-electron chi connectivity index (χ0n) is 30.4. The molecule has 0 atom stereocenters. The molecule has 0 spiro atoms. The Bertz CT molecular complexity index is 2920. The lowest BCUT2D eigenvalue weighted by Crippen LogP contribution is -2.09. The van der Waals surface area contributed by atoms with Crippen LogP contribution in [-0.2, 0) is 0 Å². The minimum atomic E-state index is 0.569. The lowest BCUT2D eigenvalue weighted by atomic mass is 10.0. The summed E-state index contributed by atoms with van der Waals surface area (Å²) in [5.41, 5.74) is 11.6. The van der Waals surface area contributed by atoms with E-state index in [1.54, 1.807) is 0 Å². The summed E-state index contributed by atoms with van der Waals surface area (Å²) in [6, 6.07) is 73.9. The molecule has 56 heavy (non-hydrogen) atoms. The van der Waals surface area contributed by atoms with Crippen LogP contribution in [-0.4, -0.2) is 19.5 Å². The Balaban J connectivity index is 1.13. The molecule has 0 unspecified atom stereocenters. The van der Waals surface area contributed by atoms with Gasteiger partial charge in [0, 0.05) is 39.0 Å². The number of anilines is 3. The SMILES string of the molecule is c1ccc(-c2ccc3c4ccccc4n(-c4nc(-c5ccccc5)nc(-c5cccc(-c6cccc(N(c7ccccc7)c7ccccc7)c6)c5)n4)c3c2)cc1. The van der Waals surface area contributed by atoms with Gasteiger partial charge in [0.2, 0.25) is 5.95 Å². The zero-order chi connectivity index (χ0) is 37.3. The van der Waals surface area contributed by atoms with Crippen LogP contribution in [0.4, 0.5) is 17.1 Å². The smallest absolute Gasteiger partial charge is 0.238 e. The number of hydrogen-bond donors (Lipinski definition) is 0. The third-order valence-electron chi connectivity index (χ3n) is 10.2. The van der Waals surface area contributed by atoms with Gasteiger partial charge in [0.1, 0.15) is 0 Å². The third-order valence-corrected chi connectivity index (χ3v) is 10.2. The summed E-state index contributed by atoms with van der Waals surface area (Å²) in [5.74, 6) is 1.79. The number of fused-ring (bicyclic) bond motifs is 3. The number of hydrogen-bond acceptors (Lipinski definition) is 4. The average Bonchev–Trinajstić information content (AvgIpc) is 3.61. The van der Waals surface area contributed by atoms with Gasteiger partial charge in [0.05, 0.1) is 11.0 Å². The molecule has 5 heteroatoms. The second kappa shape index (κ2) is 14.3. The Morgan fingerprint density at radius 2 is 0.786 bits per heavy atom. The highest BCUT2D eigenvalue weighted by atomic mass is 15.2. The molecule has 0 aliphatic rings. The molecule has 5 nitrogen and oxygen atoms in total. The monoisotopic (exact) mass is 717 g/mol. The Morgan fingerprint density at radius 1 is 0.304 bits per heavy atom. The van der Waals surface area contributed by atoms with E-state index in [1.807, 2.05) is 36.4 Å². The molecule has 0 amide bonds. The van der Waals surface area contributed by atoms with Crippen LogP contribution >= 0.6 is 0 Å². The summed E-state index contributed by atoms with van der Waals surface area (Å²) >= 11 is 0. The Morgan fingerprint density at radius 3 is 1.48 bits per heavy atom. The van der Waals surface area contributed by atoms with E-state index in [-0.39, 0.29) is 0 Å². The van der Waals surface area contributed by atoms with Crippen molar-refractivity contribution >= 4 is 38.9 Å². The van der Waals surface area contributed by atoms with E-state index in [1.165, 1.54) is 0 Å². The quantitative estimate of drug-likeness (QED) is 0.157. The molecular weight excluding hydrogens is 683 g/mol. The fourth-order valence-electron chi connectivity index (χ4n) is 7.57. The first kappa shape index (κ1) is 33.0. The molecule has 8 aromatic carbocycles. The van der Waals surface area contributed by atoms with Crippen molar-refractivity contribution in [3.8, 4) is 51.0 Å². The first-order valence-corrected chi connectivity index (χ1v) is 18.8. The summed E-state index contributed by atoms with van der Waals surface area (Å²) in [6.45, 7) is 0. The summed E-state index contributed by atoms with van der Waals surface area (Å²) in [5, 5.41) is 2.29. The van der Waals surface area contributed by atoms with Crippen molar-refractivity contribution in [3.63, 3.8) is 0 Å². The van der Waals surface area contributed by atoms with Crippen LogP contribution in [0.25, 0.3) is 72.8 Å². The van der Waals surface area contributed by atoms with E-state index in [2.05, 4.69) is 185 Å². The van der Waals surface area contributed by atoms with Gasteiger partial charge in [0.15, 0.2) is 11.6 Å². The third kappa shape index (κ3) is 6.17. The van der Waals surface area contributed by atoms with Gasteiger partial charge in [-0.2, -0.15) is 9.97 Å². The summed E-state index contributed by atoms with van der Waals surface area (Å²) < 4.78 is 2.18. The van der Waals surface area contributed by atoms with Gasteiger partial charge in [-0.25, -0.2) is 4.98 Å². The van der Waals surface area contributed by atoms with Crippen LogP contribution in [0, 0.1) is 0 Å². The number of benzene rings is 8. The van der Waals surface area contributed by atoms with E-state index >= 15 is 0 Å². The molecular formula is C51H35N5. The van der Waals surface area contributed by atoms with Crippen molar-refractivity contribution in [3.05, 3.63) is 212 Å². The number of para-hydroxylation sites is 3. The maximum absolute atomic E-state index is 5.27. The van der Waals surface area contributed by atoms with Crippen LogP contribution in [0.2, 0.25) is 0 Å². The predicted molar refractivity (Wildman–Crippen MR) is 231 cm³/mol. The molecule has 0 radical (unpaired) electrons. The van der Waals surface area contributed by atoms with Crippen molar-refractivity contribution in [1.82, 2.24) is 19.5 Å². The summed E-state index contributed by atoms with van der Waals surface area (Å²) in [4.78, 5) is 17.9. The molecule has 0 N–H and O–H groups in total. The van der Waals surface area contributed by atoms with Gasteiger partial charge in [0.25, 0.3) is 0 Å². The molecule has 2 aromatic heterocycles. The number of nitrogens with zero attached hydrogens (tertiary/aromatic N) is 5. The van der Waals surface area contributed by atoms with E-state index in [9.17, 15) is 0 Å². The first-order chi connectivity index (χ1) is 27.8. The first-order valence-electron chi connectivity index (χ1n) is 18.8. The van der Waals surface area contributed by atoms with E-state index in [0.29, 0.717) is 17.6 Å². The van der Waals surface area contributed by atoms with Crippen molar-refractivity contribution < 1.29 is 0 Å². The predicted octanol–water partition coefficient (Wildman–Crippen LogP) is 13.1. The average molecular weight is 718 g/mol. The van der Waals surface area contributed by atoms with E-state index in [0.717, 1.165) is 72.2 Å². The van der Waals surface area contributed by atoms with Crippen molar-refractivity contribution in [2.24, 2.45) is 0 Å². The second-order valence-electron chi connectivity index (χ2n) is 13.7. The fraction of sp³-hybridized carbons (Fsp3) is 0. The minimum absolute atomic E-state index is 0.569. The van der Waals surface area contributed by atoms with Crippen LogP contribution < -0.4 is 4.90 Å². The Hall–Kier alpha value is -7.63. The van der Waals surface area contributed by atoms with Crippen LogP contribution in [0.15, 0.2) is 212 Å². The van der Waals surface area contributed by atoms with Gasteiger partial charge in [-0.15, -0.1) is 0 Å². The lowest BCUT2D eigenvalue weighted by molar-refractivity contribution is 0.953. The van der Waals surface area contributed by atoms with Crippen LogP contribution in [0.1, 0.15) is 0 Å². The maximum Gasteiger partial charge on any atom is 0.238 e. The molecule has 0 saturated carbocycles. The highest BCUT2D eigenvalue weighted by molar-refractivity contribution is 6.10. The fourth-order valence-corrected chi connectivity index (χ4v) is 7.57. The largest absolute Gasteiger partial charge is 0.310 e. The molecule has 0 aliphatic carbocycles. The highest BCUT2D eigenvalue weighted by Crippen LogP contribution is 2.38. The van der Waals surface area contributed by atoms with Crippen molar-refractivity contribution in [2.45, 2.75) is 0 Å². The molecule has 0 fully saturated rings. The van der Waals surface area contributed by atoms with E-state index in [4.69, 9.17) is 15.0 Å². The van der Waals surface area contributed by atoms with Gasteiger partial charge in [-0.3, -0.25) is 4.57 Å². The minimum Gasteiger partial charge on any atom is -0.310 e. The maximum atomic E-state index is 5.27. The normalized spacial score (nSPS) is 11.2. The van der Waals surface area contributed by atoms with Gasteiger partial charge >= 0.3 is 0 Å². The molecule has 2 heterocycles. The van der Waals surface area contributed by atoms with Crippen molar-refractivity contribution in [2.75, 3.05) is 4.90 Å². The van der Waals surface area contributed by atoms with Gasteiger partial charge < -0.3 is 4.90 Å². The van der Waals surface area contributed by atoms with Crippen LogP contribution in [0.3, 0.4) is 0 Å². The number of rotatable bonds is 8. The Labute approximate surface area is 325 Å². The molecule has 0 saturated heterocycles. The molecule has 10 rings (SSSR count). The number of aromatic nitrogens is 4. The molecule has 0 bridgehead atoms. The molecule has 264 valence electrons. The van der Waals surface area contributed by atoms with Gasteiger partial charge in [-0.05, 0) is 76.9 Å². The standard InChI is InChI=1S/C51H35N5/c1-5-17-36(18-6-1)40-31-32-46-45-29-13-14-30-47(45)56(48(46)35-40)51-53-49(37-19-7-2-8-20-37)52-50(54-51)41-23-15-21-38(33-41)39-22-16-28-44(34-39)55(42-24-9-3-10-25-42)43-26-11-4-12-27-43/h1-35H. The molecule has 0 aliphatic heterocycles. The molecule has 10 aromatic rings. The summed E-state index contributed by atoms with van der Waals surface area (Å²) in [7, 11) is 0. The lowest BCUT2D eigenvalue weighted by Gasteiger charge is -2.26. The topological polar surface area (TPSA) is 46.8 Å².